The lowest BCUT2D eigenvalue weighted by atomic mass is 10.5. The van der Waals surface area contributed by atoms with E-state index in [1.165, 1.54) is 0 Å². The highest BCUT2D eigenvalue weighted by Gasteiger charge is 1.90. The van der Waals surface area contributed by atoms with Crippen LogP contribution >= 0.6 is 21.6 Å². The van der Waals surface area contributed by atoms with Gasteiger partial charge in [-0.25, -0.2) is 0 Å². The lowest BCUT2D eigenvalue weighted by Gasteiger charge is -1.94. The number of allylic oxidation sites excluding steroid dienone is 1. The van der Waals surface area contributed by atoms with Gasteiger partial charge in [0.2, 0.25) is 0 Å². The third-order valence-electron chi connectivity index (χ3n) is 0.792. The Morgan fingerprint density at radius 1 is 1.60 bits per heavy atom. The van der Waals surface area contributed by atoms with Crippen LogP contribution in [-0.2, 0) is 0 Å². The third-order valence-corrected chi connectivity index (χ3v) is 2.41. The number of rotatable bonds is 3. The zero-order valence-electron chi connectivity index (χ0n) is 6.63. The standard InChI is InChI=1S/C7H13NS2/c1-4-6-7(8-5-2)10-9-3/h4,6H,5H2,1-3H3/b6-4-,8-7?. The van der Waals surface area contributed by atoms with Crippen molar-refractivity contribution in [1.82, 2.24) is 0 Å². The number of aliphatic imine (C=N–C) groups is 1. The normalized spacial score (nSPS) is 12.9. The lowest BCUT2D eigenvalue weighted by molar-refractivity contribution is 1.14. The summed E-state index contributed by atoms with van der Waals surface area (Å²) in [4.78, 5) is 4.28. The second kappa shape index (κ2) is 7.22. The van der Waals surface area contributed by atoms with Gasteiger partial charge in [-0.15, -0.1) is 0 Å². The molecule has 0 bridgehead atoms. The van der Waals surface area contributed by atoms with Gasteiger partial charge in [0.15, 0.2) is 0 Å². The maximum atomic E-state index is 4.28. The monoisotopic (exact) mass is 175 g/mol. The van der Waals surface area contributed by atoms with Gasteiger partial charge in [0.25, 0.3) is 0 Å². The first-order valence-corrected chi connectivity index (χ1v) is 5.78. The van der Waals surface area contributed by atoms with Crippen LogP contribution in [0, 0.1) is 0 Å². The predicted octanol–water partition coefficient (Wildman–Crippen LogP) is 2.99. The van der Waals surface area contributed by atoms with Crippen molar-refractivity contribution >= 4 is 26.6 Å². The topological polar surface area (TPSA) is 12.4 Å². The molecule has 0 aromatic heterocycles. The Labute approximate surface area is 70.8 Å². The highest BCUT2D eigenvalue weighted by Crippen LogP contribution is 2.19. The van der Waals surface area contributed by atoms with E-state index in [0.717, 1.165) is 11.6 Å². The van der Waals surface area contributed by atoms with Gasteiger partial charge in [-0.05, 0) is 37.0 Å². The van der Waals surface area contributed by atoms with Crippen LogP contribution in [0.25, 0.3) is 0 Å². The average Bonchev–Trinajstić information content (AvgIpc) is 1.90. The first-order chi connectivity index (χ1) is 4.85. The maximum absolute atomic E-state index is 4.28. The van der Waals surface area contributed by atoms with Gasteiger partial charge in [-0.1, -0.05) is 16.9 Å². The second-order valence-corrected chi connectivity index (χ2v) is 3.98. The molecule has 0 unspecified atom stereocenters. The Bertz CT molecular complexity index is 130. The van der Waals surface area contributed by atoms with E-state index < -0.39 is 0 Å². The quantitative estimate of drug-likeness (QED) is 0.371. The first kappa shape index (κ1) is 10.1. The van der Waals surface area contributed by atoms with E-state index in [-0.39, 0.29) is 0 Å². The molecule has 0 aromatic carbocycles. The summed E-state index contributed by atoms with van der Waals surface area (Å²) in [5.41, 5.74) is 0. The second-order valence-electron chi connectivity index (χ2n) is 1.56. The van der Waals surface area contributed by atoms with E-state index in [1.54, 1.807) is 21.6 Å². The molecule has 0 fully saturated rings. The van der Waals surface area contributed by atoms with Crippen LogP contribution in [0.5, 0.6) is 0 Å². The molecule has 10 heavy (non-hydrogen) atoms. The summed E-state index contributed by atoms with van der Waals surface area (Å²) in [6.45, 7) is 4.92. The van der Waals surface area contributed by atoms with Gasteiger partial charge >= 0.3 is 0 Å². The van der Waals surface area contributed by atoms with Gasteiger partial charge in [-0.3, -0.25) is 4.99 Å². The smallest absolute Gasteiger partial charge is 0.101 e. The van der Waals surface area contributed by atoms with Gasteiger partial charge in [-0.2, -0.15) is 0 Å². The summed E-state index contributed by atoms with van der Waals surface area (Å²) in [5.74, 6) is 0. The number of nitrogens with zero attached hydrogens (tertiary/aromatic N) is 1. The highest BCUT2D eigenvalue weighted by molar-refractivity contribution is 8.82. The fraction of sp³-hybridized carbons (Fsp3) is 0.571. The zero-order chi connectivity index (χ0) is 7.82. The molecule has 0 rings (SSSR count). The molecule has 0 aromatic rings. The van der Waals surface area contributed by atoms with E-state index in [9.17, 15) is 0 Å². The summed E-state index contributed by atoms with van der Waals surface area (Å²) in [6.07, 6.45) is 6.10. The SMILES string of the molecule is C/C=C\C(=NCC)SSC. The van der Waals surface area contributed by atoms with Crippen molar-refractivity contribution in [1.29, 1.82) is 0 Å². The molecule has 0 radical (unpaired) electrons. The van der Waals surface area contributed by atoms with Crippen molar-refractivity contribution < 1.29 is 0 Å². The molecule has 0 aliphatic heterocycles. The Hall–Kier alpha value is 0.110. The number of hydrogen-bond donors (Lipinski definition) is 0. The van der Waals surface area contributed by atoms with E-state index >= 15 is 0 Å². The Balaban J connectivity index is 3.84. The van der Waals surface area contributed by atoms with Crippen LogP contribution in [0.4, 0.5) is 0 Å². The fourth-order valence-electron chi connectivity index (χ4n) is 0.491. The van der Waals surface area contributed by atoms with Crippen molar-refractivity contribution in [3.8, 4) is 0 Å². The van der Waals surface area contributed by atoms with Gasteiger partial charge in [0.1, 0.15) is 5.04 Å². The van der Waals surface area contributed by atoms with Crippen molar-refractivity contribution in [3.63, 3.8) is 0 Å². The van der Waals surface area contributed by atoms with Gasteiger partial charge in [0.05, 0.1) is 0 Å². The largest absolute Gasteiger partial charge is 0.278 e. The van der Waals surface area contributed by atoms with Crippen molar-refractivity contribution in [3.05, 3.63) is 12.2 Å². The third kappa shape index (κ3) is 4.94. The first-order valence-electron chi connectivity index (χ1n) is 3.23. The summed E-state index contributed by atoms with van der Waals surface area (Å²) < 4.78 is 0. The minimum Gasteiger partial charge on any atom is -0.278 e. The van der Waals surface area contributed by atoms with Crippen molar-refractivity contribution in [2.45, 2.75) is 13.8 Å². The molecule has 1 nitrogen and oxygen atoms in total. The Kier molecular flexibility index (Phi) is 7.30. The molecule has 0 N–H and O–H groups in total. The van der Waals surface area contributed by atoms with E-state index in [2.05, 4.69) is 11.2 Å². The van der Waals surface area contributed by atoms with Crippen LogP contribution < -0.4 is 0 Å². The van der Waals surface area contributed by atoms with E-state index in [1.807, 2.05) is 26.0 Å². The molecular formula is C7H13NS2. The molecular weight excluding hydrogens is 162 g/mol. The minimum absolute atomic E-state index is 0.868. The fourth-order valence-corrected chi connectivity index (χ4v) is 1.87. The average molecular weight is 175 g/mol. The van der Waals surface area contributed by atoms with Crippen molar-refractivity contribution in [2.75, 3.05) is 12.8 Å². The summed E-state index contributed by atoms with van der Waals surface area (Å²) in [6, 6.07) is 0. The van der Waals surface area contributed by atoms with Crippen LogP contribution in [0.2, 0.25) is 0 Å². The van der Waals surface area contributed by atoms with Crippen LogP contribution in [0.3, 0.4) is 0 Å². The van der Waals surface area contributed by atoms with Crippen LogP contribution in [0.15, 0.2) is 17.1 Å². The van der Waals surface area contributed by atoms with E-state index in [4.69, 9.17) is 0 Å². The molecule has 0 aliphatic carbocycles. The molecule has 0 spiro atoms. The summed E-state index contributed by atoms with van der Waals surface area (Å²) in [7, 11) is 3.43. The van der Waals surface area contributed by atoms with Crippen LogP contribution in [0.1, 0.15) is 13.8 Å². The van der Waals surface area contributed by atoms with Crippen molar-refractivity contribution in [2.24, 2.45) is 4.99 Å². The molecule has 0 amide bonds. The van der Waals surface area contributed by atoms with Gasteiger partial charge in [0, 0.05) is 6.54 Å². The molecule has 0 saturated heterocycles. The zero-order valence-corrected chi connectivity index (χ0v) is 8.26. The molecule has 3 heteroatoms. The highest BCUT2D eigenvalue weighted by atomic mass is 33.1. The molecule has 0 atom stereocenters. The molecule has 0 aliphatic rings. The summed E-state index contributed by atoms with van der Waals surface area (Å²) in [5, 5.41) is 1.11. The van der Waals surface area contributed by atoms with Crippen LogP contribution in [-0.4, -0.2) is 17.8 Å². The Morgan fingerprint density at radius 2 is 2.30 bits per heavy atom. The predicted molar refractivity (Wildman–Crippen MR) is 53.9 cm³/mol. The maximum Gasteiger partial charge on any atom is 0.101 e. The minimum atomic E-state index is 0.868. The Morgan fingerprint density at radius 3 is 2.70 bits per heavy atom. The number of hydrogen-bond acceptors (Lipinski definition) is 3. The molecule has 0 saturated carbocycles. The molecule has 58 valence electrons. The van der Waals surface area contributed by atoms with E-state index in [0.29, 0.717) is 0 Å². The summed E-state index contributed by atoms with van der Waals surface area (Å²) >= 11 is 0. The molecule has 0 heterocycles. The van der Waals surface area contributed by atoms with Gasteiger partial charge < -0.3 is 0 Å². The lowest BCUT2D eigenvalue weighted by Crippen LogP contribution is -1.84.